The first-order valence-corrected chi connectivity index (χ1v) is 6.50. The number of aryl methyl sites for hydroxylation is 1. The van der Waals surface area contributed by atoms with E-state index in [1.54, 1.807) is 13.0 Å². The van der Waals surface area contributed by atoms with E-state index in [2.05, 4.69) is 44.8 Å². The number of hydrogen-bond acceptors (Lipinski definition) is 1. The van der Waals surface area contributed by atoms with Crippen molar-refractivity contribution in [2.75, 3.05) is 0 Å². The standard InChI is InChI=1S/C16H20FN/c1-9(2)12-6-13-8-15(17)11(5)18-16(13)14(7-12)10(3)4/h6-10H,1-5H3. The van der Waals surface area contributed by atoms with Crippen molar-refractivity contribution in [1.29, 1.82) is 0 Å². The average Bonchev–Trinajstić information content (AvgIpc) is 2.29. The number of nitrogens with zero attached hydrogens (tertiary/aromatic N) is 1. The average molecular weight is 245 g/mol. The fraction of sp³-hybridized carbons (Fsp3) is 0.438. The second-order valence-electron chi connectivity index (χ2n) is 5.55. The first kappa shape index (κ1) is 13.0. The van der Waals surface area contributed by atoms with E-state index in [9.17, 15) is 4.39 Å². The van der Waals surface area contributed by atoms with Crippen molar-refractivity contribution in [2.45, 2.75) is 46.5 Å². The van der Waals surface area contributed by atoms with Gasteiger partial charge in [-0.3, -0.25) is 0 Å². The smallest absolute Gasteiger partial charge is 0.145 e. The third kappa shape index (κ3) is 2.24. The summed E-state index contributed by atoms with van der Waals surface area (Å²) in [5.41, 5.74) is 3.87. The van der Waals surface area contributed by atoms with E-state index in [1.165, 1.54) is 11.1 Å². The van der Waals surface area contributed by atoms with Gasteiger partial charge in [-0.1, -0.05) is 33.8 Å². The Bertz CT molecular complexity index is 585. The zero-order valence-corrected chi connectivity index (χ0v) is 11.7. The van der Waals surface area contributed by atoms with E-state index in [0.717, 1.165) is 10.9 Å². The molecule has 0 aliphatic rings. The van der Waals surface area contributed by atoms with Crippen LogP contribution in [-0.2, 0) is 0 Å². The quantitative estimate of drug-likeness (QED) is 0.731. The van der Waals surface area contributed by atoms with Crippen molar-refractivity contribution in [3.63, 3.8) is 0 Å². The molecule has 0 saturated carbocycles. The first-order chi connectivity index (χ1) is 8.40. The van der Waals surface area contributed by atoms with Crippen molar-refractivity contribution in [1.82, 2.24) is 4.98 Å². The van der Waals surface area contributed by atoms with Gasteiger partial charge in [-0.05, 0) is 42.0 Å². The van der Waals surface area contributed by atoms with Crippen molar-refractivity contribution in [2.24, 2.45) is 0 Å². The van der Waals surface area contributed by atoms with Gasteiger partial charge >= 0.3 is 0 Å². The molecule has 0 radical (unpaired) electrons. The summed E-state index contributed by atoms with van der Waals surface area (Å²) in [4.78, 5) is 4.42. The highest BCUT2D eigenvalue weighted by Crippen LogP contribution is 2.29. The molecule has 1 nitrogen and oxygen atoms in total. The van der Waals surface area contributed by atoms with E-state index in [0.29, 0.717) is 17.5 Å². The Labute approximate surface area is 108 Å². The highest BCUT2D eigenvalue weighted by molar-refractivity contribution is 5.83. The number of fused-ring (bicyclic) bond motifs is 1. The molecule has 0 aliphatic carbocycles. The van der Waals surface area contributed by atoms with Crippen LogP contribution in [-0.4, -0.2) is 4.98 Å². The number of benzene rings is 1. The lowest BCUT2D eigenvalue weighted by atomic mass is 9.92. The Kier molecular flexibility index (Phi) is 3.38. The third-order valence-electron chi connectivity index (χ3n) is 3.39. The number of aromatic nitrogens is 1. The second-order valence-corrected chi connectivity index (χ2v) is 5.55. The van der Waals surface area contributed by atoms with Gasteiger partial charge in [-0.25, -0.2) is 9.37 Å². The summed E-state index contributed by atoms with van der Waals surface area (Å²) < 4.78 is 13.7. The lowest BCUT2D eigenvalue weighted by Crippen LogP contribution is -1.99. The lowest BCUT2D eigenvalue weighted by Gasteiger charge is -2.15. The van der Waals surface area contributed by atoms with Crippen molar-refractivity contribution < 1.29 is 4.39 Å². The Hall–Kier alpha value is -1.44. The molecular formula is C16H20FN. The topological polar surface area (TPSA) is 12.9 Å². The summed E-state index contributed by atoms with van der Waals surface area (Å²) in [5, 5.41) is 0.910. The summed E-state index contributed by atoms with van der Waals surface area (Å²) in [6.45, 7) is 10.3. The normalized spacial score (nSPS) is 11.8. The van der Waals surface area contributed by atoms with Gasteiger partial charge in [-0.2, -0.15) is 0 Å². The molecule has 1 heterocycles. The van der Waals surface area contributed by atoms with Crippen molar-refractivity contribution in [3.8, 4) is 0 Å². The van der Waals surface area contributed by atoms with Crippen molar-refractivity contribution in [3.05, 3.63) is 40.8 Å². The Balaban J connectivity index is 2.81. The summed E-state index contributed by atoms with van der Waals surface area (Å²) in [5.74, 6) is 0.609. The lowest BCUT2D eigenvalue weighted by molar-refractivity contribution is 0.612. The molecule has 1 aromatic carbocycles. The van der Waals surface area contributed by atoms with Gasteiger partial charge in [0.1, 0.15) is 5.82 Å². The van der Waals surface area contributed by atoms with Crippen LogP contribution in [0.2, 0.25) is 0 Å². The van der Waals surface area contributed by atoms with Gasteiger partial charge in [0.15, 0.2) is 0 Å². The fourth-order valence-electron chi connectivity index (χ4n) is 2.18. The maximum atomic E-state index is 13.7. The molecule has 2 aromatic rings. The van der Waals surface area contributed by atoms with Crippen LogP contribution in [0, 0.1) is 12.7 Å². The molecule has 0 atom stereocenters. The molecule has 0 spiro atoms. The van der Waals surface area contributed by atoms with Crippen LogP contribution in [0.5, 0.6) is 0 Å². The van der Waals surface area contributed by atoms with Gasteiger partial charge in [0, 0.05) is 5.39 Å². The maximum absolute atomic E-state index is 13.7. The van der Waals surface area contributed by atoms with E-state index in [-0.39, 0.29) is 5.82 Å². The fourth-order valence-corrected chi connectivity index (χ4v) is 2.18. The molecule has 0 N–H and O–H groups in total. The van der Waals surface area contributed by atoms with E-state index < -0.39 is 0 Å². The number of pyridine rings is 1. The monoisotopic (exact) mass is 245 g/mol. The molecule has 0 aliphatic heterocycles. The third-order valence-corrected chi connectivity index (χ3v) is 3.39. The first-order valence-electron chi connectivity index (χ1n) is 6.50. The van der Waals surface area contributed by atoms with Crippen LogP contribution >= 0.6 is 0 Å². The van der Waals surface area contributed by atoms with Gasteiger partial charge < -0.3 is 0 Å². The van der Waals surface area contributed by atoms with Gasteiger partial charge in [0.05, 0.1) is 11.2 Å². The Morgan fingerprint density at radius 2 is 1.67 bits per heavy atom. The highest BCUT2D eigenvalue weighted by Gasteiger charge is 2.12. The minimum Gasteiger partial charge on any atom is -0.250 e. The predicted molar refractivity (Wildman–Crippen MR) is 74.6 cm³/mol. The maximum Gasteiger partial charge on any atom is 0.145 e. The zero-order valence-electron chi connectivity index (χ0n) is 11.7. The summed E-state index contributed by atoms with van der Waals surface area (Å²) in [6, 6.07) is 5.87. The van der Waals surface area contributed by atoms with Crippen LogP contribution < -0.4 is 0 Å². The van der Waals surface area contributed by atoms with Gasteiger partial charge in [-0.15, -0.1) is 0 Å². The molecule has 2 rings (SSSR count). The van der Waals surface area contributed by atoms with Crippen LogP contribution in [0.3, 0.4) is 0 Å². The second kappa shape index (κ2) is 4.68. The van der Waals surface area contributed by atoms with Gasteiger partial charge in [0.2, 0.25) is 0 Å². The predicted octanol–water partition coefficient (Wildman–Crippen LogP) is 4.93. The SMILES string of the molecule is Cc1nc2c(C(C)C)cc(C(C)C)cc2cc1F. The largest absolute Gasteiger partial charge is 0.250 e. The molecule has 1 aromatic heterocycles. The Morgan fingerprint density at radius 3 is 2.22 bits per heavy atom. The van der Waals surface area contributed by atoms with Crippen molar-refractivity contribution >= 4 is 10.9 Å². The molecule has 2 heteroatoms. The minimum absolute atomic E-state index is 0.224. The minimum atomic E-state index is -0.224. The molecule has 0 bridgehead atoms. The molecule has 0 unspecified atom stereocenters. The van der Waals surface area contributed by atoms with E-state index >= 15 is 0 Å². The van der Waals surface area contributed by atoms with Crippen LogP contribution in [0.4, 0.5) is 4.39 Å². The zero-order chi connectivity index (χ0) is 13.4. The van der Waals surface area contributed by atoms with Crippen LogP contribution in [0.1, 0.15) is 56.4 Å². The summed E-state index contributed by atoms with van der Waals surface area (Å²) in [6.07, 6.45) is 0. The molecule has 0 fully saturated rings. The summed E-state index contributed by atoms with van der Waals surface area (Å²) >= 11 is 0. The molecule has 96 valence electrons. The molecule has 0 saturated heterocycles. The van der Waals surface area contributed by atoms with Crippen LogP contribution in [0.15, 0.2) is 18.2 Å². The van der Waals surface area contributed by atoms with Gasteiger partial charge in [0.25, 0.3) is 0 Å². The molecular weight excluding hydrogens is 225 g/mol. The van der Waals surface area contributed by atoms with E-state index in [1.807, 2.05) is 0 Å². The number of hydrogen-bond donors (Lipinski definition) is 0. The van der Waals surface area contributed by atoms with E-state index in [4.69, 9.17) is 0 Å². The number of rotatable bonds is 2. The Morgan fingerprint density at radius 1 is 1.00 bits per heavy atom. The molecule has 18 heavy (non-hydrogen) atoms. The summed E-state index contributed by atoms with van der Waals surface area (Å²) in [7, 11) is 0. The highest BCUT2D eigenvalue weighted by atomic mass is 19.1. The number of halogens is 1. The van der Waals surface area contributed by atoms with Crippen LogP contribution in [0.25, 0.3) is 10.9 Å². The molecule has 0 amide bonds.